The molecule has 6 aromatic heterocycles. The third kappa shape index (κ3) is 21.7. The van der Waals surface area contributed by atoms with Crippen LogP contribution in [0.15, 0.2) is 59.7 Å². The quantitative estimate of drug-likeness (QED) is 0.0357. The predicted octanol–water partition coefficient (Wildman–Crippen LogP) is 27.5. The zero-order valence-electron chi connectivity index (χ0n) is 55.8. The predicted molar refractivity (Wildman–Crippen MR) is 397 cm³/mol. The number of hydrogen-bond donors (Lipinski definition) is 0. The van der Waals surface area contributed by atoms with Crippen molar-refractivity contribution in [1.29, 1.82) is 0 Å². The summed E-state index contributed by atoms with van der Waals surface area (Å²) in [7, 11) is 0. The van der Waals surface area contributed by atoms with Gasteiger partial charge < -0.3 is 9.80 Å². The monoisotopic (exact) mass is 1300 g/mol. The molecule has 2 atom stereocenters. The molecule has 0 spiro atoms. The van der Waals surface area contributed by atoms with Gasteiger partial charge in [-0.25, -0.2) is 0 Å². The summed E-state index contributed by atoms with van der Waals surface area (Å²) in [4.78, 5) is 46.2. The summed E-state index contributed by atoms with van der Waals surface area (Å²) >= 11 is 11.1. The Morgan fingerprint density at radius 2 is 0.659 bits per heavy atom. The Kier molecular flexibility index (Phi) is 31.7. The average Bonchev–Trinajstić information content (AvgIpc) is 1.93. The van der Waals surface area contributed by atoms with Crippen LogP contribution in [0.25, 0.3) is 52.1 Å². The Hall–Kier alpha value is -3.12. The number of amides is 2. The van der Waals surface area contributed by atoms with Crippen LogP contribution >= 0.6 is 68.0 Å². The molecule has 6 aromatic rings. The number of unbranched alkanes of at least 4 members (excludes halogenated alkanes) is 32. The summed E-state index contributed by atoms with van der Waals surface area (Å²) < 4.78 is 5.39. The lowest BCUT2D eigenvalue weighted by atomic mass is 9.93. The van der Waals surface area contributed by atoms with Crippen molar-refractivity contribution in [3.05, 3.63) is 88.9 Å². The fourth-order valence-corrected chi connectivity index (χ4v) is 20.5. The highest BCUT2D eigenvalue weighted by atomic mass is 32.1. The minimum Gasteiger partial charge on any atom is -0.306 e. The first-order valence-corrected chi connectivity index (χ1v) is 41.1. The van der Waals surface area contributed by atoms with E-state index in [4.69, 9.17) is 0 Å². The van der Waals surface area contributed by atoms with Gasteiger partial charge in [-0.15, -0.1) is 68.0 Å². The van der Waals surface area contributed by atoms with Crippen molar-refractivity contribution >= 4 is 122 Å². The van der Waals surface area contributed by atoms with Crippen molar-refractivity contribution in [2.45, 2.75) is 298 Å². The number of hydrogen-bond acceptors (Lipinski definition) is 8. The van der Waals surface area contributed by atoms with Crippen LogP contribution in [-0.2, 0) is 9.59 Å². The van der Waals surface area contributed by atoms with E-state index in [1.807, 2.05) is 45.3 Å². The summed E-state index contributed by atoms with van der Waals surface area (Å²) in [5, 5.41) is 0. The van der Waals surface area contributed by atoms with Gasteiger partial charge in [0.25, 0.3) is 11.8 Å². The van der Waals surface area contributed by atoms with Gasteiger partial charge >= 0.3 is 0 Å². The standard InChI is InChI=1S/C78H114N2O2S6/c1-7-11-15-19-23-27-29-33-37-41-44-61(43-39-35-31-25-21-17-13-9-3)57-79-75(66-50-47-59(5)83-66)73-74(78(79)82)76(80(77(73)81)58-62(45-40-36-32-26-22-18-14-10-4)46-42-38-34-30-28-24-20-16-12-8-2)67-52-51-65(87-67)71-56-72-70(88-71)55-64(86-72)49-48-63-54-69-68(85-63)53-60(6)84-69/h47-56,61-62H,7-46,57-58H2,1-6H3/b49-48+. The molecule has 0 bridgehead atoms. The summed E-state index contributed by atoms with van der Waals surface area (Å²) in [5.41, 5.74) is 3.15. The third-order valence-corrected chi connectivity index (χ3v) is 25.7. The first kappa shape index (κ1) is 70.7. The van der Waals surface area contributed by atoms with Crippen LogP contribution in [0.2, 0.25) is 0 Å². The van der Waals surface area contributed by atoms with E-state index in [1.165, 1.54) is 279 Å². The zero-order valence-corrected chi connectivity index (χ0v) is 60.7. The first-order chi connectivity index (χ1) is 43.2. The Labute approximate surface area is 559 Å². The van der Waals surface area contributed by atoms with E-state index >= 15 is 9.59 Å². The van der Waals surface area contributed by atoms with Crippen molar-refractivity contribution < 1.29 is 9.59 Å². The third-order valence-electron chi connectivity index (χ3n) is 19.0. The van der Waals surface area contributed by atoms with Gasteiger partial charge in [0.05, 0.1) is 32.3 Å². The van der Waals surface area contributed by atoms with Gasteiger partial charge in [-0.3, -0.25) is 9.59 Å². The lowest BCUT2D eigenvalue weighted by molar-refractivity contribution is -0.124. The molecular formula is C78H114N2O2S6. The summed E-state index contributed by atoms with van der Waals surface area (Å²) in [6.45, 7) is 15.0. The van der Waals surface area contributed by atoms with Gasteiger partial charge in [-0.1, -0.05) is 259 Å². The lowest BCUT2D eigenvalue weighted by Crippen LogP contribution is -2.34. The van der Waals surface area contributed by atoms with E-state index in [0.29, 0.717) is 36.1 Å². The second-order valence-electron chi connectivity index (χ2n) is 26.6. The molecule has 8 rings (SSSR count). The Morgan fingerprint density at radius 1 is 0.330 bits per heavy atom. The molecule has 0 saturated carbocycles. The van der Waals surface area contributed by atoms with Crippen LogP contribution in [0.4, 0.5) is 0 Å². The number of fused-ring (bicyclic) bond motifs is 3. The fourth-order valence-electron chi connectivity index (χ4n) is 13.8. The molecule has 0 fully saturated rings. The highest BCUT2D eigenvalue weighted by Gasteiger charge is 2.50. The minimum absolute atomic E-state index is 0.0601. The van der Waals surface area contributed by atoms with Crippen molar-refractivity contribution in [3.8, 4) is 9.75 Å². The van der Waals surface area contributed by atoms with Crippen LogP contribution in [0.3, 0.4) is 0 Å². The molecule has 0 saturated heterocycles. The van der Waals surface area contributed by atoms with Gasteiger partial charge in [0, 0.05) is 61.2 Å². The molecule has 8 heterocycles. The van der Waals surface area contributed by atoms with Gasteiger partial charge in [0.2, 0.25) is 0 Å². The SMILES string of the molecule is CCCCCCCCCCCCC(CCCCCCCCCC)CN1C(=O)C2=C(c3ccc(-c4cc5sc(/C=C/c6cc7sc(C)cc7s6)cc5s4)s3)N(CC(CCCCCCCCCC)CCCCCCCCCCCC)C(=O)C2=C1c1ccc(C)s1. The van der Waals surface area contributed by atoms with E-state index in [-0.39, 0.29) is 11.8 Å². The highest BCUT2D eigenvalue weighted by molar-refractivity contribution is 7.31. The maximum atomic E-state index is 16.1. The van der Waals surface area contributed by atoms with Crippen molar-refractivity contribution in [2.75, 3.05) is 13.1 Å². The van der Waals surface area contributed by atoms with Gasteiger partial charge in [0.15, 0.2) is 0 Å². The smallest absolute Gasteiger partial charge is 0.261 e. The summed E-state index contributed by atoms with van der Waals surface area (Å²) in [5.74, 6) is 0.904. The van der Waals surface area contributed by atoms with Crippen LogP contribution in [0.5, 0.6) is 0 Å². The van der Waals surface area contributed by atoms with Crippen molar-refractivity contribution in [3.63, 3.8) is 0 Å². The largest absolute Gasteiger partial charge is 0.306 e. The van der Waals surface area contributed by atoms with Crippen molar-refractivity contribution in [2.24, 2.45) is 11.8 Å². The molecule has 4 nitrogen and oxygen atoms in total. The molecule has 88 heavy (non-hydrogen) atoms. The molecule has 2 unspecified atom stereocenters. The molecule has 2 amide bonds. The lowest BCUT2D eigenvalue weighted by Gasteiger charge is -2.29. The molecule has 484 valence electrons. The van der Waals surface area contributed by atoms with Crippen molar-refractivity contribution in [1.82, 2.24) is 9.80 Å². The molecule has 0 radical (unpaired) electrons. The first-order valence-electron chi connectivity index (χ1n) is 36.2. The highest BCUT2D eigenvalue weighted by Crippen LogP contribution is 2.51. The van der Waals surface area contributed by atoms with Crippen LogP contribution in [-0.4, -0.2) is 34.7 Å². The van der Waals surface area contributed by atoms with Gasteiger partial charge in [-0.05, 0) is 112 Å². The number of thiophene rings is 6. The average molecular weight is 1300 g/mol. The fraction of sp³-hybridized carbons (Fsp3) is 0.641. The van der Waals surface area contributed by atoms with E-state index in [1.54, 1.807) is 22.7 Å². The number of nitrogens with zero attached hydrogens (tertiary/aromatic N) is 2. The molecule has 0 aromatic carbocycles. The number of carbonyl (C=O) groups is 2. The number of rotatable bonds is 49. The Morgan fingerprint density at radius 3 is 1.02 bits per heavy atom. The zero-order chi connectivity index (χ0) is 61.7. The molecule has 0 N–H and O–H groups in total. The molecule has 0 aliphatic carbocycles. The summed E-state index contributed by atoms with van der Waals surface area (Å²) in [6.07, 6.45) is 56.6. The molecule has 10 heteroatoms. The minimum atomic E-state index is 0.0601. The Bertz CT molecular complexity index is 3010. The summed E-state index contributed by atoms with van der Waals surface area (Å²) in [6, 6.07) is 18.3. The van der Waals surface area contributed by atoms with Crippen LogP contribution in [0.1, 0.15) is 314 Å². The number of aryl methyl sites for hydroxylation is 2. The topological polar surface area (TPSA) is 40.6 Å². The second-order valence-corrected chi connectivity index (χ2v) is 33.6. The normalized spacial score (nSPS) is 14.6. The van der Waals surface area contributed by atoms with E-state index < -0.39 is 0 Å². The van der Waals surface area contributed by atoms with Gasteiger partial charge in [-0.2, -0.15) is 0 Å². The molecule has 2 aliphatic rings. The maximum Gasteiger partial charge on any atom is 0.261 e. The Balaban J connectivity index is 1.07. The van der Waals surface area contributed by atoms with E-state index in [2.05, 4.69) is 112 Å². The van der Waals surface area contributed by atoms with E-state index in [0.717, 1.165) is 46.8 Å². The molecular weight excluding hydrogens is 1190 g/mol. The van der Waals surface area contributed by atoms with Crippen LogP contribution in [0, 0.1) is 25.7 Å². The maximum absolute atomic E-state index is 16.1. The van der Waals surface area contributed by atoms with E-state index in [9.17, 15) is 0 Å². The molecule has 2 aliphatic heterocycles. The van der Waals surface area contributed by atoms with Gasteiger partial charge in [0.1, 0.15) is 0 Å². The second kappa shape index (κ2) is 39.4. The number of carbonyl (C=O) groups excluding carboxylic acids is 2. The van der Waals surface area contributed by atoms with Crippen LogP contribution < -0.4 is 0 Å².